The number of hydrogen-bond acceptors (Lipinski definition) is 5. The van der Waals surface area contributed by atoms with E-state index in [4.69, 9.17) is 4.52 Å². The molecule has 0 aliphatic carbocycles. The highest BCUT2D eigenvalue weighted by molar-refractivity contribution is 5.79. The van der Waals surface area contributed by atoms with E-state index in [1.807, 2.05) is 43.3 Å². The highest BCUT2D eigenvalue weighted by Crippen LogP contribution is 2.24. The molecule has 2 aromatic carbocycles. The summed E-state index contributed by atoms with van der Waals surface area (Å²) in [6, 6.07) is 16.4. The normalized spacial score (nSPS) is 17.8. The fourth-order valence-electron chi connectivity index (χ4n) is 4.52. The second-order valence-corrected chi connectivity index (χ2v) is 8.73. The maximum atomic E-state index is 13.1. The van der Waals surface area contributed by atoms with Crippen molar-refractivity contribution >= 4 is 5.91 Å². The van der Waals surface area contributed by atoms with Gasteiger partial charge in [0.2, 0.25) is 17.6 Å². The van der Waals surface area contributed by atoms with E-state index in [-0.39, 0.29) is 17.9 Å². The summed E-state index contributed by atoms with van der Waals surface area (Å²) in [5.74, 6) is 1.32. The molecule has 0 saturated carbocycles. The number of carbonyl (C=O) groups excluding carboxylic acids is 1. The van der Waals surface area contributed by atoms with Crippen LogP contribution < -0.4 is 5.32 Å². The zero-order valence-electron chi connectivity index (χ0n) is 19.2. The maximum Gasteiger partial charge on any atom is 0.241 e. The number of nitrogens with one attached hydrogen (secondary N) is 1. The van der Waals surface area contributed by atoms with Crippen molar-refractivity contribution in [2.24, 2.45) is 5.92 Å². The first-order valence-corrected chi connectivity index (χ1v) is 11.5. The fourth-order valence-corrected chi connectivity index (χ4v) is 4.52. The number of aromatic nitrogens is 2. The zero-order chi connectivity index (χ0) is 22.5. The van der Waals surface area contributed by atoms with Crippen LogP contribution in [0.2, 0.25) is 0 Å². The van der Waals surface area contributed by atoms with E-state index >= 15 is 0 Å². The van der Waals surface area contributed by atoms with Crippen molar-refractivity contribution in [3.8, 4) is 11.4 Å². The van der Waals surface area contributed by atoms with Gasteiger partial charge in [-0.05, 0) is 56.3 Å². The predicted octanol–water partition coefficient (Wildman–Crippen LogP) is 4.83. The zero-order valence-corrected chi connectivity index (χ0v) is 19.2. The van der Waals surface area contributed by atoms with Gasteiger partial charge in [0.05, 0.1) is 18.5 Å². The van der Waals surface area contributed by atoms with E-state index in [1.165, 1.54) is 11.1 Å². The standard InChI is InChI=1S/C26H32N4O2/c1-4-23(21-13-7-5-10-18(21)2)27-26(31)20-12-9-15-30(16-20)17-24-28-25(29-32-24)22-14-8-6-11-19(22)3/h5-8,10-11,13-14,20,23H,4,9,12,15-17H2,1-3H3,(H,27,31). The number of piperidine rings is 1. The second kappa shape index (κ2) is 10.1. The molecule has 6 heteroatoms. The molecule has 4 rings (SSSR count). The summed E-state index contributed by atoms with van der Waals surface area (Å²) in [5, 5.41) is 7.46. The van der Waals surface area contributed by atoms with E-state index in [1.54, 1.807) is 0 Å². The molecule has 168 valence electrons. The largest absolute Gasteiger partial charge is 0.349 e. The molecule has 0 bridgehead atoms. The smallest absolute Gasteiger partial charge is 0.241 e. The average Bonchev–Trinajstić information content (AvgIpc) is 3.26. The van der Waals surface area contributed by atoms with Crippen LogP contribution in [0.15, 0.2) is 53.1 Å². The molecule has 6 nitrogen and oxygen atoms in total. The Bertz CT molecular complexity index is 1060. The molecule has 0 radical (unpaired) electrons. The Kier molecular flexibility index (Phi) is 7.00. The Morgan fingerprint density at radius 1 is 1.16 bits per heavy atom. The summed E-state index contributed by atoms with van der Waals surface area (Å²) in [4.78, 5) is 19.9. The maximum absolute atomic E-state index is 13.1. The van der Waals surface area contributed by atoms with Gasteiger partial charge in [0.15, 0.2) is 0 Å². The number of amides is 1. The Balaban J connectivity index is 1.38. The summed E-state index contributed by atoms with van der Waals surface area (Å²) >= 11 is 0. The number of carbonyl (C=O) groups is 1. The van der Waals surface area contributed by atoms with Crippen molar-refractivity contribution in [2.75, 3.05) is 13.1 Å². The molecule has 32 heavy (non-hydrogen) atoms. The lowest BCUT2D eigenvalue weighted by Crippen LogP contribution is -2.43. The minimum absolute atomic E-state index is 0.0272. The number of aryl methyl sites for hydroxylation is 2. The summed E-state index contributed by atoms with van der Waals surface area (Å²) in [6.07, 6.45) is 2.76. The lowest BCUT2D eigenvalue weighted by molar-refractivity contribution is -0.127. The summed E-state index contributed by atoms with van der Waals surface area (Å²) in [6.45, 7) is 8.46. The van der Waals surface area contributed by atoms with Crippen molar-refractivity contribution in [2.45, 2.75) is 52.6 Å². The van der Waals surface area contributed by atoms with Gasteiger partial charge >= 0.3 is 0 Å². The predicted molar refractivity (Wildman–Crippen MR) is 125 cm³/mol. The van der Waals surface area contributed by atoms with Crippen LogP contribution >= 0.6 is 0 Å². The minimum Gasteiger partial charge on any atom is -0.349 e. The molecule has 1 saturated heterocycles. The van der Waals surface area contributed by atoms with E-state index in [9.17, 15) is 4.79 Å². The molecule has 1 N–H and O–H groups in total. The number of nitrogens with zero attached hydrogens (tertiary/aromatic N) is 3. The lowest BCUT2D eigenvalue weighted by Gasteiger charge is -2.32. The van der Waals surface area contributed by atoms with E-state index in [0.717, 1.165) is 36.9 Å². The summed E-state index contributed by atoms with van der Waals surface area (Å²) < 4.78 is 5.52. The molecule has 3 aromatic rings. The van der Waals surface area contributed by atoms with Crippen LogP contribution in [0, 0.1) is 19.8 Å². The van der Waals surface area contributed by atoms with Gasteiger partial charge in [0.1, 0.15) is 0 Å². The first kappa shape index (κ1) is 22.2. The van der Waals surface area contributed by atoms with Crippen LogP contribution in [-0.2, 0) is 11.3 Å². The first-order valence-electron chi connectivity index (χ1n) is 11.5. The van der Waals surface area contributed by atoms with Crippen LogP contribution in [0.1, 0.15) is 54.8 Å². The molecule has 1 amide bonds. The van der Waals surface area contributed by atoms with Crippen molar-refractivity contribution in [1.29, 1.82) is 0 Å². The van der Waals surface area contributed by atoms with Gasteiger partial charge in [-0.3, -0.25) is 9.69 Å². The fraction of sp³-hybridized carbons (Fsp3) is 0.423. The quantitative estimate of drug-likeness (QED) is 0.579. The molecule has 2 unspecified atom stereocenters. The molecular weight excluding hydrogens is 400 g/mol. The van der Waals surface area contributed by atoms with Gasteiger partial charge in [0, 0.05) is 12.1 Å². The van der Waals surface area contributed by atoms with E-state index < -0.39 is 0 Å². The van der Waals surface area contributed by atoms with Crippen molar-refractivity contribution in [1.82, 2.24) is 20.4 Å². The second-order valence-electron chi connectivity index (χ2n) is 8.73. The van der Waals surface area contributed by atoms with Crippen LogP contribution in [0.5, 0.6) is 0 Å². The average molecular weight is 433 g/mol. The number of benzene rings is 2. The van der Waals surface area contributed by atoms with Crippen molar-refractivity contribution in [3.63, 3.8) is 0 Å². The minimum atomic E-state index is -0.0272. The first-order chi connectivity index (χ1) is 15.5. The Labute approximate surface area is 190 Å². The highest BCUT2D eigenvalue weighted by Gasteiger charge is 2.28. The molecule has 1 aliphatic rings. The highest BCUT2D eigenvalue weighted by atomic mass is 16.5. The molecule has 2 heterocycles. The molecular formula is C26H32N4O2. The van der Waals surface area contributed by atoms with Crippen LogP contribution in [0.3, 0.4) is 0 Å². The van der Waals surface area contributed by atoms with Crippen LogP contribution in [0.25, 0.3) is 11.4 Å². The Morgan fingerprint density at radius 3 is 2.66 bits per heavy atom. The van der Waals surface area contributed by atoms with Gasteiger partial charge in [0.25, 0.3) is 0 Å². The topological polar surface area (TPSA) is 71.3 Å². The number of hydrogen-bond donors (Lipinski definition) is 1. The molecule has 2 atom stereocenters. The van der Waals surface area contributed by atoms with Crippen LogP contribution in [-0.4, -0.2) is 34.0 Å². The number of rotatable bonds is 7. The third-order valence-corrected chi connectivity index (χ3v) is 6.38. The summed E-state index contributed by atoms with van der Waals surface area (Å²) in [7, 11) is 0. The summed E-state index contributed by atoms with van der Waals surface area (Å²) in [5.41, 5.74) is 4.52. The van der Waals surface area contributed by atoms with Gasteiger partial charge in [-0.25, -0.2) is 0 Å². The van der Waals surface area contributed by atoms with Gasteiger partial charge in [-0.15, -0.1) is 0 Å². The molecule has 1 aromatic heterocycles. The molecule has 1 fully saturated rings. The van der Waals surface area contributed by atoms with Crippen molar-refractivity contribution in [3.05, 3.63) is 71.1 Å². The van der Waals surface area contributed by atoms with Crippen molar-refractivity contribution < 1.29 is 9.32 Å². The molecule has 1 aliphatic heterocycles. The number of likely N-dealkylation sites (tertiary alicyclic amines) is 1. The van der Waals surface area contributed by atoms with E-state index in [2.05, 4.69) is 46.3 Å². The third-order valence-electron chi connectivity index (χ3n) is 6.38. The van der Waals surface area contributed by atoms with E-state index in [0.29, 0.717) is 24.8 Å². The Morgan fingerprint density at radius 2 is 1.91 bits per heavy atom. The van der Waals surface area contributed by atoms with Crippen LogP contribution in [0.4, 0.5) is 0 Å². The lowest BCUT2D eigenvalue weighted by atomic mass is 9.94. The molecule has 0 spiro atoms. The van der Waals surface area contributed by atoms with Gasteiger partial charge in [-0.1, -0.05) is 60.6 Å². The SMILES string of the molecule is CCC(NC(=O)C1CCCN(Cc2nc(-c3ccccc3C)no2)C1)c1ccccc1C. The van der Waals surface area contributed by atoms with Gasteiger partial charge < -0.3 is 9.84 Å². The monoisotopic (exact) mass is 432 g/mol. The third kappa shape index (κ3) is 5.07. The Hall–Kier alpha value is -2.99. The van der Waals surface area contributed by atoms with Gasteiger partial charge in [-0.2, -0.15) is 4.98 Å².